The molecule has 0 saturated carbocycles. The van der Waals surface area contributed by atoms with Crippen LogP contribution in [0.3, 0.4) is 0 Å². The number of nitrogens with zero attached hydrogens (tertiary/aromatic N) is 4. The van der Waals surface area contributed by atoms with Crippen LogP contribution in [0.1, 0.15) is 22.9 Å². The summed E-state index contributed by atoms with van der Waals surface area (Å²) in [5.74, 6) is 2.01. The predicted molar refractivity (Wildman–Crippen MR) is 65.2 cm³/mol. The van der Waals surface area contributed by atoms with E-state index in [1.807, 2.05) is 18.7 Å². The molecule has 2 aromatic rings. The van der Waals surface area contributed by atoms with Crippen LogP contribution in [0, 0.1) is 13.8 Å². The molecule has 0 fully saturated rings. The molecule has 3 heterocycles. The Kier molecular flexibility index (Phi) is 2.29. The van der Waals surface area contributed by atoms with E-state index in [0.29, 0.717) is 0 Å². The zero-order valence-electron chi connectivity index (χ0n) is 10.5. The molecule has 1 aliphatic heterocycles. The van der Waals surface area contributed by atoms with Crippen molar-refractivity contribution >= 4 is 0 Å². The molecule has 3 rings (SSSR count). The Morgan fingerprint density at radius 1 is 1.35 bits per heavy atom. The van der Waals surface area contributed by atoms with E-state index in [0.717, 1.165) is 42.5 Å². The fraction of sp³-hybridized carbons (Fsp3) is 0.500. The molecule has 0 saturated heterocycles. The van der Waals surface area contributed by atoms with Crippen LogP contribution >= 0.6 is 0 Å². The largest absolute Gasteiger partial charge is 0.311 e. The van der Waals surface area contributed by atoms with E-state index in [-0.39, 0.29) is 0 Å². The van der Waals surface area contributed by atoms with Crippen LogP contribution in [0.15, 0.2) is 6.07 Å². The van der Waals surface area contributed by atoms with Gasteiger partial charge in [-0.15, -0.1) is 0 Å². The van der Waals surface area contributed by atoms with Gasteiger partial charge in [-0.2, -0.15) is 5.10 Å². The molecular formula is C12H17N5. The number of fused-ring (bicyclic) bond motifs is 1. The molecule has 5 nitrogen and oxygen atoms in total. The summed E-state index contributed by atoms with van der Waals surface area (Å²) < 4.78 is 4.09. The summed E-state index contributed by atoms with van der Waals surface area (Å²) >= 11 is 0. The molecule has 0 radical (unpaired) electrons. The van der Waals surface area contributed by atoms with Gasteiger partial charge in [-0.3, -0.25) is 9.25 Å². The first-order valence-corrected chi connectivity index (χ1v) is 5.95. The van der Waals surface area contributed by atoms with Crippen LogP contribution in [0.2, 0.25) is 0 Å². The van der Waals surface area contributed by atoms with E-state index < -0.39 is 0 Å². The topological polar surface area (TPSA) is 47.7 Å². The second kappa shape index (κ2) is 3.70. The lowest BCUT2D eigenvalue weighted by Gasteiger charge is -2.14. The van der Waals surface area contributed by atoms with Crippen molar-refractivity contribution in [2.24, 2.45) is 7.05 Å². The monoisotopic (exact) mass is 231 g/mol. The second-order valence-corrected chi connectivity index (χ2v) is 4.58. The maximum Gasteiger partial charge on any atom is 0.160 e. The Morgan fingerprint density at radius 2 is 2.18 bits per heavy atom. The van der Waals surface area contributed by atoms with Crippen LogP contribution in [0.5, 0.6) is 0 Å². The molecule has 0 unspecified atom stereocenters. The number of aromatic nitrogens is 4. The third kappa shape index (κ3) is 1.58. The van der Waals surface area contributed by atoms with E-state index in [1.54, 1.807) is 0 Å². The van der Waals surface area contributed by atoms with Crippen molar-refractivity contribution in [1.29, 1.82) is 0 Å². The van der Waals surface area contributed by atoms with Gasteiger partial charge in [0.25, 0.3) is 0 Å². The lowest BCUT2D eigenvalue weighted by molar-refractivity contribution is 0.617. The Bertz CT molecular complexity index is 544. The molecule has 0 atom stereocenters. The number of hydrogen-bond acceptors (Lipinski definition) is 3. The number of hydrogen-bond donors (Lipinski definition) is 1. The molecule has 17 heavy (non-hydrogen) atoms. The molecule has 2 aromatic heterocycles. The summed E-state index contributed by atoms with van der Waals surface area (Å²) in [6.45, 7) is 6.00. The Morgan fingerprint density at radius 3 is 2.88 bits per heavy atom. The van der Waals surface area contributed by atoms with E-state index in [9.17, 15) is 0 Å². The molecular weight excluding hydrogens is 214 g/mol. The average Bonchev–Trinajstić information content (AvgIpc) is 2.78. The number of rotatable bonds is 1. The van der Waals surface area contributed by atoms with Gasteiger partial charge in [0, 0.05) is 38.3 Å². The van der Waals surface area contributed by atoms with Crippen molar-refractivity contribution in [2.45, 2.75) is 26.8 Å². The number of nitrogens with one attached hydrogen (secondary N) is 1. The van der Waals surface area contributed by atoms with Gasteiger partial charge in [0.15, 0.2) is 5.82 Å². The normalized spacial score (nSPS) is 15.0. The molecule has 0 aliphatic carbocycles. The highest BCUT2D eigenvalue weighted by Gasteiger charge is 2.20. The molecule has 0 bridgehead atoms. The molecule has 0 spiro atoms. The van der Waals surface area contributed by atoms with Crippen molar-refractivity contribution in [3.05, 3.63) is 29.0 Å². The van der Waals surface area contributed by atoms with Gasteiger partial charge in [-0.1, -0.05) is 0 Å². The summed E-state index contributed by atoms with van der Waals surface area (Å²) in [6, 6.07) is 2.11. The van der Waals surface area contributed by atoms with E-state index in [1.165, 1.54) is 5.69 Å². The SMILES string of the molecule is Cc1cc(-n2c(C)nc3c2CCNC3)nn1C. The second-order valence-electron chi connectivity index (χ2n) is 4.58. The first kappa shape index (κ1) is 10.5. The Hall–Kier alpha value is -1.62. The average molecular weight is 231 g/mol. The van der Waals surface area contributed by atoms with Crippen molar-refractivity contribution in [3.8, 4) is 5.82 Å². The highest BCUT2D eigenvalue weighted by atomic mass is 15.3. The Labute approximate surface area is 100 Å². The lowest BCUT2D eigenvalue weighted by atomic mass is 10.2. The molecule has 5 heteroatoms. The van der Waals surface area contributed by atoms with Crippen molar-refractivity contribution in [2.75, 3.05) is 6.54 Å². The molecule has 0 aromatic carbocycles. The van der Waals surface area contributed by atoms with Crippen LogP contribution in [0.25, 0.3) is 5.82 Å². The fourth-order valence-electron chi connectivity index (χ4n) is 2.40. The standard InChI is InChI=1S/C12H17N5/c1-8-6-12(15-16(8)3)17-9(2)14-10-7-13-5-4-11(10)17/h6,13H,4-5,7H2,1-3H3. The quantitative estimate of drug-likeness (QED) is 0.792. The smallest absolute Gasteiger partial charge is 0.160 e. The zero-order valence-corrected chi connectivity index (χ0v) is 10.5. The van der Waals surface area contributed by atoms with Crippen molar-refractivity contribution in [3.63, 3.8) is 0 Å². The molecule has 0 amide bonds. The highest BCUT2D eigenvalue weighted by Crippen LogP contribution is 2.20. The maximum absolute atomic E-state index is 4.62. The summed E-state index contributed by atoms with van der Waals surface area (Å²) in [6.07, 6.45) is 1.02. The minimum absolute atomic E-state index is 0.870. The van der Waals surface area contributed by atoms with Gasteiger partial charge in [0.05, 0.1) is 11.4 Å². The van der Waals surface area contributed by atoms with E-state index >= 15 is 0 Å². The van der Waals surface area contributed by atoms with Gasteiger partial charge in [0.2, 0.25) is 0 Å². The van der Waals surface area contributed by atoms with Crippen molar-refractivity contribution in [1.82, 2.24) is 24.6 Å². The van der Waals surface area contributed by atoms with Gasteiger partial charge in [-0.05, 0) is 13.8 Å². The van der Waals surface area contributed by atoms with Crippen LogP contribution < -0.4 is 5.32 Å². The maximum atomic E-state index is 4.62. The van der Waals surface area contributed by atoms with Crippen LogP contribution in [0.4, 0.5) is 0 Å². The summed E-state index contributed by atoms with van der Waals surface area (Å²) in [4.78, 5) is 4.62. The van der Waals surface area contributed by atoms with Gasteiger partial charge >= 0.3 is 0 Å². The van der Waals surface area contributed by atoms with Gasteiger partial charge in [0.1, 0.15) is 5.82 Å². The minimum atomic E-state index is 0.870. The fourth-order valence-corrected chi connectivity index (χ4v) is 2.40. The van der Waals surface area contributed by atoms with Gasteiger partial charge < -0.3 is 5.32 Å². The molecule has 1 N–H and O–H groups in total. The van der Waals surface area contributed by atoms with Crippen LogP contribution in [-0.2, 0) is 20.0 Å². The Balaban J connectivity index is 2.16. The third-order valence-corrected chi connectivity index (χ3v) is 3.38. The minimum Gasteiger partial charge on any atom is -0.311 e. The zero-order chi connectivity index (χ0) is 12.0. The number of imidazole rings is 1. The van der Waals surface area contributed by atoms with Crippen LogP contribution in [-0.4, -0.2) is 25.9 Å². The summed E-state index contributed by atoms with van der Waals surface area (Å²) in [7, 11) is 1.97. The van der Waals surface area contributed by atoms with E-state index in [4.69, 9.17) is 0 Å². The molecule has 90 valence electrons. The lowest BCUT2D eigenvalue weighted by Crippen LogP contribution is -2.24. The first-order valence-electron chi connectivity index (χ1n) is 5.95. The number of aryl methyl sites for hydroxylation is 3. The first-order chi connectivity index (χ1) is 8.16. The summed E-state index contributed by atoms with van der Waals surface area (Å²) in [5, 5.41) is 7.89. The molecule has 1 aliphatic rings. The van der Waals surface area contributed by atoms with Gasteiger partial charge in [-0.25, -0.2) is 4.98 Å². The van der Waals surface area contributed by atoms with Crippen molar-refractivity contribution < 1.29 is 0 Å². The highest BCUT2D eigenvalue weighted by molar-refractivity contribution is 5.33. The third-order valence-electron chi connectivity index (χ3n) is 3.38. The summed E-state index contributed by atoms with van der Waals surface area (Å²) in [5.41, 5.74) is 3.63. The van der Waals surface area contributed by atoms with E-state index in [2.05, 4.69) is 33.0 Å². The predicted octanol–water partition coefficient (Wildman–Crippen LogP) is 0.868.